The third-order valence-electron chi connectivity index (χ3n) is 2.68. The van der Waals surface area contributed by atoms with Crippen LogP contribution in [0.15, 0.2) is 21.1 Å². The van der Waals surface area contributed by atoms with Gasteiger partial charge in [-0.05, 0) is 40.9 Å². The normalized spacial score (nSPS) is 15.5. The van der Waals surface area contributed by atoms with Crippen molar-refractivity contribution in [1.82, 2.24) is 0 Å². The van der Waals surface area contributed by atoms with Crippen molar-refractivity contribution in [1.29, 1.82) is 0 Å². The molecule has 86 valence electrons. The van der Waals surface area contributed by atoms with E-state index in [0.29, 0.717) is 5.56 Å². The number of aromatic carboxylic acids is 1. The molecular formula is C11H11Br2NO2. The minimum Gasteiger partial charge on any atom is -0.478 e. The molecule has 0 spiro atoms. The first-order valence-corrected chi connectivity index (χ1v) is 6.65. The smallest absolute Gasteiger partial charge is 0.337 e. The van der Waals surface area contributed by atoms with Gasteiger partial charge in [0.2, 0.25) is 0 Å². The molecule has 0 aliphatic carbocycles. The van der Waals surface area contributed by atoms with Gasteiger partial charge in [-0.3, -0.25) is 0 Å². The molecule has 0 atom stereocenters. The Morgan fingerprint density at radius 2 is 1.88 bits per heavy atom. The number of carbonyl (C=O) groups is 1. The van der Waals surface area contributed by atoms with Gasteiger partial charge in [0.1, 0.15) is 0 Å². The van der Waals surface area contributed by atoms with Gasteiger partial charge in [-0.25, -0.2) is 4.79 Å². The highest BCUT2D eigenvalue weighted by Gasteiger charge is 2.22. The molecule has 1 fully saturated rings. The predicted octanol–water partition coefficient (Wildman–Crippen LogP) is 3.51. The molecule has 0 saturated carbocycles. The lowest BCUT2D eigenvalue weighted by Crippen LogP contribution is -2.21. The fourth-order valence-corrected chi connectivity index (χ4v) is 3.47. The maximum absolute atomic E-state index is 11.2. The van der Waals surface area contributed by atoms with Crippen LogP contribution in [-0.2, 0) is 0 Å². The predicted molar refractivity (Wildman–Crippen MR) is 70.2 cm³/mol. The van der Waals surface area contributed by atoms with Gasteiger partial charge in [-0.15, -0.1) is 0 Å². The van der Waals surface area contributed by atoms with E-state index in [-0.39, 0.29) is 0 Å². The molecule has 1 N–H and O–H groups in total. The summed E-state index contributed by atoms with van der Waals surface area (Å²) in [6.07, 6.45) is 2.25. The third-order valence-corrected chi connectivity index (χ3v) is 3.74. The minimum absolute atomic E-state index is 0.350. The van der Waals surface area contributed by atoms with E-state index in [2.05, 4.69) is 36.8 Å². The highest BCUT2D eigenvalue weighted by Crippen LogP contribution is 2.35. The van der Waals surface area contributed by atoms with Crippen LogP contribution in [0.3, 0.4) is 0 Å². The second-order valence-electron chi connectivity index (χ2n) is 3.78. The number of hydrogen-bond donors (Lipinski definition) is 1. The highest BCUT2D eigenvalue weighted by atomic mass is 79.9. The third kappa shape index (κ3) is 2.25. The van der Waals surface area contributed by atoms with E-state index in [4.69, 9.17) is 0 Å². The van der Waals surface area contributed by atoms with Gasteiger partial charge in [0.15, 0.2) is 0 Å². The number of hydrogen-bond acceptors (Lipinski definition) is 2. The monoisotopic (exact) mass is 347 g/mol. The maximum atomic E-state index is 11.2. The van der Waals surface area contributed by atoms with Crippen LogP contribution in [0, 0.1) is 0 Å². The molecule has 2 rings (SSSR count). The summed E-state index contributed by atoms with van der Waals surface area (Å²) in [7, 11) is 0. The summed E-state index contributed by atoms with van der Waals surface area (Å²) in [6, 6.07) is 3.54. The zero-order chi connectivity index (χ0) is 11.7. The Balaban J connectivity index is 2.52. The highest BCUT2D eigenvalue weighted by molar-refractivity contribution is 9.11. The largest absolute Gasteiger partial charge is 0.478 e. The molecule has 1 saturated heterocycles. The van der Waals surface area contributed by atoms with Crippen LogP contribution >= 0.6 is 31.9 Å². The van der Waals surface area contributed by atoms with E-state index in [9.17, 15) is 9.90 Å². The van der Waals surface area contributed by atoms with E-state index in [1.54, 1.807) is 6.07 Å². The minimum atomic E-state index is -0.885. The topological polar surface area (TPSA) is 40.5 Å². The second-order valence-corrected chi connectivity index (χ2v) is 5.55. The van der Waals surface area contributed by atoms with Crippen molar-refractivity contribution in [2.45, 2.75) is 12.8 Å². The zero-order valence-corrected chi connectivity index (χ0v) is 11.7. The van der Waals surface area contributed by atoms with Crippen LogP contribution < -0.4 is 4.90 Å². The Bertz CT molecular complexity index is 428. The van der Waals surface area contributed by atoms with Crippen molar-refractivity contribution in [2.24, 2.45) is 0 Å². The number of benzene rings is 1. The van der Waals surface area contributed by atoms with Crippen molar-refractivity contribution in [3.05, 3.63) is 26.6 Å². The van der Waals surface area contributed by atoms with Crippen LogP contribution in [0.5, 0.6) is 0 Å². The van der Waals surface area contributed by atoms with Gasteiger partial charge < -0.3 is 10.0 Å². The van der Waals surface area contributed by atoms with Gasteiger partial charge in [0.25, 0.3) is 0 Å². The van der Waals surface area contributed by atoms with Gasteiger partial charge in [0, 0.05) is 22.0 Å². The van der Waals surface area contributed by atoms with Crippen molar-refractivity contribution < 1.29 is 9.90 Å². The maximum Gasteiger partial charge on any atom is 0.337 e. The van der Waals surface area contributed by atoms with E-state index in [1.807, 2.05) is 6.07 Å². The summed E-state index contributed by atoms with van der Waals surface area (Å²) in [4.78, 5) is 13.3. The lowest BCUT2D eigenvalue weighted by molar-refractivity contribution is 0.0697. The van der Waals surface area contributed by atoms with Gasteiger partial charge in [0.05, 0.1) is 11.3 Å². The van der Waals surface area contributed by atoms with E-state index >= 15 is 0 Å². The Morgan fingerprint density at radius 1 is 1.25 bits per heavy atom. The first-order valence-electron chi connectivity index (χ1n) is 5.07. The quantitative estimate of drug-likeness (QED) is 0.889. The van der Waals surface area contributed by atoms with Gasteiger partial charge in [-0.2, -0.15) is 0 Å². The van der Waals surface area contributed by atoms with Crippen molar-refractivity contribution in [3.8, 4) is 0 Å². The molecule has 1 aromatic carbocycles. The molecule has 1 aliphatic heterocycles. The van der Waals surface area contributed by atoms with Crippen molar-refractivity contribution in [3.63, 3.8) is 0 Å². The van der Waals surface area contributed by atoms with E-state index in [1.165, 1.54) is 0 Å². The van der Waals surface area contributed by atoms with Crippen LogP contribution in [0.25, 0.3) is 0 Å². The molecule has 5 heteroatoms. The summed E-state index contributed by atoms with van der Waals surface area (Å²) >= 11 is 6.75. The lowest BCUT2D eigenvalue weighted by atomic mass is 10.1. The first kappa shape index (κ1) is 11.9. The SMILES string of the molecule is O=C(O)c1cc(Br)cc(Br)c1N1CCCC1. The number of nitrogens with zero attached hydrogens (tertiary/aromatic N) is 1. The Labute approximate surface area is 111 Å². The molecule has 0 radical (unpaired) electrons. The average Bonchev–Trinajstić information content (AvgIpc) is 2.69. The van der Waals surface area contributed by atoms with E-state index in [0.717, 1.165) is 40.6 Å². The second kappa shape index (κ2) is 4.75. The van der Waals surface area contributed by atoms with Gasteiger partial charge in [-0.1, -0.05) is 15.9 Å². The molecule has 0 amide bonds. The van der Waals surface area contributed by atoms with Crippen LogP contribution in [0.1, 0.15) is 23.2 Å². The summed E-state index contributed by atoms with van der Waals surface area (Å²) < 4.78 is 1.61. The summed E-state index contributed by atoms with van der Waals surface area (Å²) in [5, 5.41) is 9.21. The molecular weight excluding hydrogens is 338 g/mol. The summed E-state index contributed by atoms with van der Waals surface area (Å²) in [6.45, 7) is 1.86. The van der Waals surface area contributed by atoms with Crippen molar-refractivity contribution >= 4 is 43.5 Å². The van der Waals surface area contributed by atoms with Crippen LogP contribution in [0.2, 0.25) is 0 Å². The Hall–Kier alpha value is -0.550. The molecule has 3 nitrogen and oxygen atoms in total. The lowest BCUT2D eigenvalue weighted by Gasteiger charge is -2.21. The molecule has 1 aliphatic rings. The average molecular weight is 349 g/mol. The fourth-order valence-electron chi connectivity index (χ4n) is 1.99. The van der Waals surface area contributed by atoms with Crippen LogP contribution in [-0.4, -0.2) is 24.2 Å². The Kier molecular flexibility index (Phi) is 3.54. The molecule has 0 aromatic heterocycles. The first-order chi connectivity index (χ1) is 7.59. The van der Waals surface area contributed by atoms with Crippen LogP contribution in [0.4, 0.5) is 5.69 Å². The molecule has 16 heavy (non-hydrogen) atoms. The fraction of sp³-hybridized carbons (Fsp3) is 0.364. The van der Waals surface area contributed by atoms with E-state index < -0.39 is 5.97 Å². The van der Waals surface area contributed by atoms with Gasteiger partial charge >= 0.3 is 5.97 Å². The Morgan fingerprint density at radius 3 is 2.44 bits per heavy atom. The zero-order valence-electron chi connectivity index (χ0n) is 8.54. The number of carboxylic acid groups (broad SMARTS) is 1. The molecule has 1 aromatic rings. The summed E-state index contributed by atoms with van der Waals surface area (Å²) in [5.41, 5.74) is 1.15. The van der Waals surface area contributed by atoms with Crippen molar-refractivity contribution in [2.75, 3.05) is 18.0 Å². The molecule has 0 bridgehead atoms. The molecule has 1 heterocycles. The number of halogens is 2. The number of anilines is 1. The molecule has 0 unspecified atom stereocenters. The standard InChI is InChI=1S/C11H11Br2NO2/c12-7-5-8(11(15)16)10(9(13)6-7)14-3-1-2-4-14/h5-6H,1-4H2,(H,15,16). The summed E-state index contributed by atoms with van der Waals surface area (Å²) in [5.74, 6) is -0.885. The number of rotatable bonds is 2. The number of carboxylic acids is 1.